The van der Waals surface area contributed by atoms with Crippen molar-refractivity contribution in [3.63, 3.8) is 0 Å². The van der Waals surface area contributed by atoms with Crippen molar-refractivity contribution >= 4 is 17.3 Å². The van der Waals surface area contributed by atoms with E-state index in [0.29, 0.717) is 11.4 Å². The summed E-state index contributed by atoms with van der Waals surface area (Å²) in [4.78, 5) is 6.54. The van der Waals surface area contributed by atoms with Crippen molar-refractivity contribution in [3.05, 3.63) is 36.2 Å². The van der Waals surface area contributed by atoms with Crippen LogP contribution in [-0.2, 0) is 6.18 Å². The highest BCUT2D eigenvalue weighted by atomic mass is 19.4. The second kappa shape index (κ2) is 5.24. The van der Waals surface area contributed by atoms with E-state index in [1.165, 1.54) is 13.2 Å². The zero-order valence-corrected chi connectivity index (χ0v) is 10.4. The molecule has 2 aromatic rings. The molecule has 0 atom stereocenters. The van der Waals surface area contributed by atoms with E-state index in [1.807, 2.05) is 0 Å². The Morgan fingerprint density at radius 1 is 1.15 bits per heavy atom. The molecule has 0 fully saturated rings. The van der Waals surface area contributed by atoms with Gasteiger partial charge in [0.2, 0.25) is 5.82 Å². The van der Waals surface area contributed by atoms with Crippen LogP contribution in [0.3, 0.4) is 0 Å². The number of nitrogens with one attached hydrogen (secondary N) is 1. The maximum atomic E-state index is 12.6. The SMILES string of the molecule is COc1ccc(Nc2cc(N)nc(C(F)(F)F)n2)cc1. The van der Waals surface area contributed by atoms with E-state index in [0.717, 1.165) is 0 Å². The van der Waals surface area contributed by atoms with Crippen LogP contribution in [0.15, 0.2) is 30.3 Å². The Bertz CT molecular complexity index is 599. The third kappa shape index (κ3) is 3.28. The lowest BCUT2D eigenvalue weighted by molar-refractivity contribution is -0.144. The molecular weight excluding hydrogens is 273 g/mol. The highest BCUT2D eigenvalue weighted by molar-refractivity contribution is 5.59. The molecule has 0 aliphatic heterocycles. The molecule has 0 saturated carbocycles. The molecule has 0 unspecified atom stereocenters. The van der Waals surface area contributed by atoms with Crippen molar-refractivity contribution in [1.82, 2.24) is 9.97 Å². The Kier molecular flexibility index (Phi) is 3.64. The van der Waals surface area contributed by atoms with Gasteiger partial charge in [0.25, 0.3) is 0 Å². The van der Waals surface area contributed by atoms with Gasteiger partial charge in [-0.1, -0.05) is 0 Å². The molecule has 0 bridgehead atoms. The number of rotatable bonds is 3. The van der Waals surface area contributed by atoms with Gasteiger partial charge in [-0.2, -0.15) is 13.2 Å². The van der Waals surface area contributed by atoms with Gasteiger partial charge in [-0.15, -0.1) is 0 Å². The third-order valence-corrected chi connectivity index (χ3v) is 2.36. The molecule has 3 N–H and O–H groups in total. The van der Waals surface area contributed by atoms with Crippen molar-refractivity contribution in [2.24, 2.45) is 0 Å². The van der Waals surface area contributed by atoms with E-state index in [2.05, 4.69) is 15.3 Å². The number of alkyl halides is 3. The van der Waals surface area contributed by atoms with Gasteiger partial charge < -0.3 is 15.8 Å². The largest absolute Gasteiger partial charge is 0.497 e. The number of aromatic nitrogens is 2. The zero-order valence-electron chi connectivity index (χ0n) is 10.4. The monoisotopic (exact) mass is 284 g/mol. The fraction of sp³-hybridized carbons (Fsp3) is 0.167. The summed E-state index contributed by atoms with van der Waals surface area (Å²) in [6.45, 7) is 0. The molecule has 106 valence electrons. The molecule has 8 heteroatoms. The minimum Gasteiger partial charge on any atom is -0.497 e. The van der Waals surface area contributed by atoms with Crippen LogP contribution >= 0.6 is 0 Å². The molecule has 0 radical (unpaired) electrons. The van der Waals surface area contributed by atoms with E-state index in [1.54, 1.807) is 24.3 Å². The number of nitrogens with two attached hydrogens (primary N) is 1. The van der Waals surface area contributed by atoms with E-state index < -0.39 is 12.0 Å². The Labute approximate surface area is 112 Å². The Hall–Kier alpha value is -2.51. The average Bonchev–Trinajstić information content (AvgIpc) is 2.38. The van der Waals surface area contributed by atoms with Gasteiger partial charge in [-0.25, -0.2) is 9.97 Å². The van der Waals surface area contributed by atoms with Crippen LogP contribution in [0.2, 0.25) is 0 Å². The highest BCUT2D eigenvalue weighted by Crippen LogP contribution is 2.28. The number of nitrogens with zero attached hydrogens (tertiary/aromatic N) is 2. The molecule has 1 aromatic heterocycles. The van der Waals surface area contributed by atoms with E-state index >= 15 is 0 Å². The number of benzene rings is 1. The van der Waals surface area contributed by atoms with Crippen LogP contribution in [0, 0.1) is 0 Å². The standard InChI is InChI=1S/C12H11F3N4O/c1-20-8-4-2-7(3-5-8)17-10-6-9(16)18-11(19-10)12(13,14)15/h2-6H,1H3,(H3,16,17,18,19). The summed E-state index contributed by atoms with van der Waals surface area (Å²) in [5.74, 6) is -0.944. The number of hydrogen-bond donors (Lipinski definition) is 2. The van der Waals surface area contributed by atoms with Gasteiger partial charge in [-0.05, 0) is 24.3 Å². The lowest BCUT2D eigenvalue weighted by Gasteiger charge is -2.10. The number of halogens is 3. The van der Waals surface area contributed by atoms with Gasteiger partial charge >= 0.3 is 6.18 Å². The lowest BCUT2D eigenvalue weighted by Crippen LogP contribution is -2.13. The number of ether oxygens (including phenoxy) is 1. The molecule has 0 spiro atoms. The van der Waals surface area contributed by atoms with E-state index in [-0.39, 0.29) is 11.6 Å². The number of methoxy groups -OCH3 is 1. The van der Waals surface area contributed by atoms with Gasteiger partial charge in [-0.3, -0.25) is 0 Å². The first-order valence-corrected chi connectivity index (χ1v) is 5.51. The molecule has 2 rings (SSSR count). The van der Waals surface area contributed by atoms with Crippen molar-refractivity contribution in [2.75, 3.05) is 18.2 Å². The molecule has 5 nitrogen and oxygen atoms in total. The van der Waals surface area contributed by atoms with Crippen LogP contribution in [0.25, 0.3) is 0 Å². The molecule has 1 aromatic carbocycles. The second-order valence-corrected chi connectivity index (χ2v) is 3.85. The fourth-order valence-electron chi connectivity index (χ4n) is 1.48. The summed E-state index contributed by atoms with van der Waals surface area (Å²) in [7, 11) is 1.52. The van der Waals surface area contributed by atoms with Gasteiger partial charge in [0.15, 0.2) is 0 Å². The third-order valence-electron chi connectivity index (χ3n) is 2.36. The minimum atomic E-state index is -4.65. The van der Waals surface area contributed by atoms with E-state index in [9.17, 15) is 13.2 Å². The van der Waals surface area contributed by atoms with Crippen LogP contribution in [0.5, 0.6) is 5.75 Å². The Morgan fingerprint density at radius 2 is 1.80 bits per heavy atom. The van der Waals surface area contributed by atoms with Crippen LogP contribution in [0.4, 0.5) is 30.5 Å². The predicted octanol–water partition coefficient (Wildman–Crippen LogP) is 2.83. The maximum Gasteiger partial charge on any atom is 0.451 e. The summed E-state index contributed by atoms with van der Waals surface area (Å²) >= 11 is 0. The van der Waals surface area contributed by atoms with Gasteiger partial charge in [0.05, 0.1) is 7.11 Å². The van der Waals surface area contributed by atoms with Crippen molar-refractivity contribution in [1.29, 1.82) is 0 Å². The number of anilines is 3. The summed E-state index contributed by atoms with van der Waals surface area (Å²) in [5.41, 5.74) is 5.90. The lowest BCUT2D eigenvalue weighted by atomic mass is 10.3. The molecule has 0 saturated heterocycles. The first kappa shape index (κ1) is 13.9. The van der Waals surface area contributed by atoms with E-state index in [4.69, 9.17) is 10.5 Å². The van der Waals surface area contributed by atoms with Crippen molar-refractivity contribution in [3.8, 4) is 5.75 Å². The normalized spacial score (nSPS) is 11.2. The summed E-state index contributed by atoms with van der Waals surface area (Å²) < 4.78 is 42.7. The van der Waals surface area contributed by atoms with Crippen LogP contribution < -0.4 is 15.8 Å². The first-order valence-electron chi connectivity index (χ1n) is 5.51. The maximum absolute atomic E-state index is 12.6. The van der Waals surface area contributed by atoms with Crippen molar-refractivity contribution in [2.45, 2.75) is 6.18 Å². The quantitative estimate of drug-likeness (QED) is 0.906. The molecular formula is C12H11F3N4O. The zero-order chi connectivity index (χ0) is 14.8. The fourth-order valence-corrected chi connectivity index (χ4v) is 1.48. The van der Waals surface area contributed by atoms with Crippen LogP contribution in [-0.4, -0.2) is 17.1 Å². The average molecular weight is 284 g/mol. The second-order valence-electron chi connectivity index (χ2n) is 3.85. The topological polar surface area (TPSA) is 73.1 Å². The van der Waals surface area contributed by atoms with Crippen LogP contribution in [0.1, 0.15) is 5.82 Å². The van der Waals surface area contributed by atoms with Gasteiger partial charge in [0, 0.05) is 11.8 Å². The molecule has 20 heavy (non-hydrogen) atoms. The molecule has 0 amide bonds. The number of hydrogen-bond acceptors (Lipinski definition) is 5. The minimum absolute atomic E-state index is 0.0324. The predicted molar refractivity (Wildman–Crippen MR) is 67.7 cm³/mol. The Morgan fingerprint density at radius 3 is 2.35 bits per heavy atom. The summed E-state index contributed by atoms with van der Waals surface area (Å²) in [6.07, 6.45) is -4.65. The number of nitrogen functional groups attached to an aromatic ring is 1. The summed E-state index contributed by atoms with van der Waals surface area (Å²) in [6, 6.07) is 7.84. The smallest absolute Gasteiger partial charge is 0.451 e. The molecule has 0 aliphatic rings. The first-order chi connectivity index (χ1) is 9.38. The molecule has 1 heterocycles. The van der Waals surface area contributed by atoms with Crippen molar-refractivity contribution < 1.29 is 17.9 Å². The summed E-state index contributed by atoms with van der Waals surface area (Å²) in [5, 5.41) is 2.72. The Balaban J connectivity index is 2.26. The highest BCUT2D eigenvalue weighted by Gasteiger charge is 2.35. The van der Waals surface area contributed by atoms with Gasteiger partial charge in [0.1, 0.15) is 17.4 Å². The molecule has 0 aliphatic carbocycles.